The van der Waals surface area contributed by atoms with Crippen molar-refractivity contribution in [1.29, 1.82) is 0 Å². The molecule has 1 N–H and O–H groups in total. The summed E-state index contributed by atoms with van der Waals surface area (Å²) in [5, 5.41) is 0. The van der Waals surface area contributed by atoms with Crippen LogP contribution < -0.4 is 5.48 Å². The fourth-order valence-electron chi connectivity index (χ4n) is 0.889. The van der Waals surface area contributed by atoms with Gasteiger partial charge in [0.05, 0.1) is 0 Å². The van der Waals surface area contributed by atoms with Crippen molar-refractivity contribution in [3.63, 3.8) is 0 Å². The number of rotatable bonds is 4. The van der Waals surface area contributed by atoms with Crippen molar-refractivity contribution in [2.24, 2.45) is 0 Å². The number of ether oxygens (including phenoxy) is 1. The van der Waals surface area contributed by atoms with Crippen molar-refractivity contribution in [3.8, 4) is 12.3 Å². The molecule has 0 radical (unpaired) electrons. The van der Waals surface area contributed by atoms with Gasteiger partial charge in [-0.25, -0.2) is 4.79 Å². The third-order valence-corrected chi connectivity index (χ3v) is 1.52. The van der Waals surface area contributed by atoms with E-state index in [-0.39, 0.29) is 13.2 Å². The first-order valence-corrected chi connectivity index (χ1v) is 4.35. The Kier molecular flexibility index (Phi) is 4.78. The quantitative estimate of drug-likeness (QED) is 0.460. The van der Waals surface area contributed by atoms with Gasteiger partial charge in [0.15, 0.2) is 0 Å². The molecule has 0 fully saturated rings. The first-order chi connectivity index (χ1) is 7.33. The molecular formula is C11H11NO3. The lowest BCUT2D eigenvalue weighted by atomic mass is 10.2. The molecule has 1 amide bonds. The van der Waals surface area contributed by atoms with E-state index in [2.05, 4.69) is 16.2 Å². The van der Waals surface area contributed by atoms with Gasteiger partial charge in [-0.15, -0.1) is 6.42 Å². The molecule has 0 aliphatic carbocycles. The van der Waals surface area contributed by atoms with Crippen LogP contribution in [-0.2, 0) is 16.2 Å². The topological polar surface area (TPSA) is 47.6 Å². The molecule has 0 saturated heterocycles. The second kappa shape index (κ2) is 6.46. The number of benzene rings is 1. The van der Waals surface area contributed by atoms with Crippen LogP contribution in [0.5, 0.6) is 0 Å². The van der Waals surface area contributed by atoms with Crippen molar-refractivity contribution in [2.45, 2.75) is 6.61 Å². The number of carbonyl (C=O) groups excluding carboxylic acids is 1. The highest BCUT2D eigenvalue weighted by Gasteiger charge is 2.00. The number of amides is 1. The third kappa shape index (κ3) is 4.69. The molecule has 0 atom stereocenters. The van der Waals surface area contributed by atoms with Crippen LogP contribution in [0.1, 0.15) is 5.56 Å². The predicted molar refractivity (Wildman–Crippen MR) is 54.5 cm³/mol. The maximum Gasteiger partial charge on any atom is 0.431 e. The molecule has 0 spiro atoms. The Hall–Kier alpha value is -1.99. The van der Waals surface area contributed by atoms with Gasteiger partial charge in [0, 0.05) is 0 Å². The lowest BCUT2D eigenvalue weighted by molar-refractivity contribution is 0.0411. The molecular weight excluding hydrogens is 194 g/mol. The van der Waals surface area contributed by atoms with E-state index in [4.69, 9.17) is 11.2 Å². The molecule has 1 rings (SSSR count). The number of hydroxylamine groups is 1. The molecule has 1 aromatic rings. The Morgan fingerprint density at radius 3 is 2.80 bits per heavy atom. The monoisotopic (exact) mass is 205 g/mol. The maximum atomic E-state index is 11.0. The van der Waals surface area contributed by atoms with E-state index >= 15 is 0 Å². The molecule has 0 aliphatic heterocycles. The number of terminal acetylenes is 1. The molecule has 0 saturated carbocycles. The smallest absolute Gasteiger partial charge is 0.431 e. The molecule has 0 aliphatic rings. The second-order valence-corrected chi connectivity index (χ2v) is 2.66. The normalized spacial score (nSPS) is 9.00. The van der Waals surface area contributed by atoms with E-state index in [0.29, 0.717) is 0 Å². The van der Waals surface area contributed by atoms with Crippen LogP contribution in [0.2, 0.25) is 0 Å². The van der Waals surface area contributed by atoms with Crippen molar-refractivity contribution < 1.29 is 14.4 Å². The zero-order chi connectivity index (χ0) is 10.9. The van der Waals surface area contributed by atoms with Gasteiger partial charge >= 0.3 is 6.09 Å². The van der Waals surface area contributed by atoms with Crippen LogP contribution in [0.15, 0.2) is 30.3 Å². The molecule has 78 valence electrons. The standard InChI is InChI=1S/C11H11NO3/c1-2-8-15-12-11(13)14-9-10-6-4-3-5-7-10/h1,3-7H,8-9H2,(H,12,13). The summed E-state index contributed by atoms with van der Waals surface area (Å²) in [6.45, 7) is 0.215. The van der Waals surface area contributed by atoms with Crippen LogP contribution in [0, 0.1) is 12.3 Å². The largest absolute Gasteiger partial charge is 0.443 e. The van der Waals surface area contributed by atoms with E-state index in [1.807, 2.05) is 30.3 Å². The van der Waals surface area contributed by atoms with E-state index in [0.717, 1.165) is 5.56 Å². The Balaban J connectivity index is 2.20. The Morgan fingerprint density at radius 1 is 1.40 bits per heavy atom. The predicted octanol–water partition coefficient (Wildman–Crippen LogP) is 1.48. The van der Waals surface area contributed by atoms with E-state index < -0.39 is 6.09 Å². The van der Waals surface area contributed by atoms with Crippen LogP contribution in [0.3, 0.4) is 0 Å². The SMILES string of the molecule is C#CCONC(=O)OCc1ccccc1. The minimum Gasteiger partial charge on any atom is -0.443 e. The summed E-state index contributed by atoms with van der Waals surface area (Å²) in [6, 6.07) is 9.33. The van der Waals surface area contributed by atoms with E-state index in [1.165, 1.54) is 0 Å². The molecule has 1 aromatic carbocycles. The maximum absolute atomic E-state index is 11.0. The molecule has 4 nitrogen and oxygen atoms in total. The van der Waals surface area contributed by atoms with Crippen molar-refractivity contribution in [3.05, 3.63) is 35.9 Å². The average Bonchev–Trinajstić information content (AvgIpc) is 2.28. The lowest BCUT2D eigenvalue weighted by Gasteiger charge is -2.05. The van der Waals surface area contributed by atoms with Gasteiger partial charge in [-0.1, -0.05) is 36.3 Å². The van der Waals surface area contributed by atoms with E-state index in [1.54, 1.807) is 0 Å². The van der Waals surface area contributed by atoms with Gasteiger partial charge in [0.1, 0.15) is 13.2 Å². The van der Waals surface area contributed by atoms with Crippen LogP contribution >= 0.6 is 0 Å². The van der Waals surface area contributed by atoms with Crippen LogP contribution in [0.25, 0.3) is 0 Å². The van der Waals surface area contributed by atoms with Gasteiger partial charge in [-0.2, -0.15) is 5.48 Å². The van der Waals surface area contributed by atoms with Gasteiger partial charge < -0.3 is 4.74 Å². The Bertz CT molecular complexity index is 343. The highest BCUT2D eigenvalue weighted by Crippen LogP contribution is 2.00. The highest BCUT2D eigenvalue weighted by atomic mass is 16.7. The zero-order valence-electron chi connectivity index (χ0n) is 8.10. The first-order valence-electron chi connectivity index (χ1n) is 4.35. The van der Waals surface area contributed by atoms with Gasteiger partial charge in [0.2, 0.25) is 0 Å². The number of hydrogen-bond acceptors (Lipinski definition) is 3. The molecule has 0 unspecified atom stereocenters. The summed E-state index contributed by atoms with van der Waals surface area (Å²) in [5.74, 6) is 2.20. The molecule has 15 heavy (non-hydrogen) atoms. The minimum absolute atomic E-state index is 0.0143. The van der Waals surface area contributed by atoms with Gasteiger partial charge in [0.25, 0.3) is 0 Å². The molecule has 4 heteroatoms. The summed E-state index contributed by atoms with van der Waals surface area (Å²) in [4.78, 5) is 15.5. The summed E-state index contributed by atoms with van der Waals surface area (Å²) in [5.41, 5.74) is 2.96. The molecule has 0 heterocycles. The van der Waals surface area contributed by atoms with Crippen molar-refractivity contribution in [2.75, 3.05) is 6.61 Å². The average molecular weight is 205 g/mol. The lowest BCUT2D eigenvalue weighted by Crippen LogP contribution is -2.24. The highest BCUT2D eigenvalue weighted by molar-refractivity contribution is 5.65. The molecule has 0 aromatic heterocycles. The van der Waals surface area contributed by atoms with Crippen LogP contribution in [0.4, 0.5) is 4.79 Å². The Labute approximate surface area is 88.1 Å². The van der Waals surface area contributed by atoms with Gasteiger partial charge in [-0.05, 0) is 5.56 Å². The second-order valence-electron chi connectivity index (χ2n) is 2.66. The number of carbonyl (C=O) groups is 1. The number of hydrogen-bond donors (Lipinski definition) is 1. The van der Waals surface area contributed by atoms with Crippen molar-refractivity contribution in [1.82, 2.24) is 5.48 Å². The summed E-state index contributed by atoms with van der Waals surface area (Å²) < 4.78 is 4.83. The summed E-state index contributed by atoms with van der Waals surface area (Å²) in [7, 11) is 0. The first kappa shape index (κ1) is 11.1. The van der Waals surface area contributed by atoms with Crippen LogP contribution in [-0.4, -0.2) is 12.7 Å². The summed E-state index contributed by atoms with van der Waals surface area (Å²) in [6.07, 6.45) is 4.25. The molecule has 0 bridgehead atoms. The Morgan fingerprint density at radius 2 is 2.13 bits per heavy atom. The fourth-order valence-corrected chi connectivity index (χ4v) is 0.889. The fraction of sp³-hybridized carbons (Fsp3) is 0.182. The third-order valence-electron chi connectivity index (χ3n) is 1.52. The van der Waals surface area contributed by atoms with Crippen molar-refractivity contribution >= 4 is 6.09 Å². The number of nitrogens with one attached hydrogen (secondary N) is 1. The summed E-state index contributed by atoms with van der Waals surface area (Å²) >= 11 is 0. The zero-order valence-corrected chi connectivity index (χ0v) is 8.10. The van der Waals surface area contributed by atoms with Gasteiger partial charge in [-0.3, -0.25) is 4.84 Å². The van der Waals surface area contributed by atoms with E-state index in [9.17, 15) is 4.79 Å². The minimum atomic E-state index is -0.658.